The number of nitrogens with one attached hydrogen (secondary N) is 1. The van der Waals surface area contributed by atoms with Gasteiger partial charge in [-0.05, 0) is 0 Å². The Morgan fingerprint density at radius 1 is 0.900 bits per heavy atom. The van der Waals surface area contributed by atoms with Crippen LogP contribution in [0.5, 0.6) is 0 Å². The monoisotopic (exact) mass is 340 g/mol. The Morgan fingerprint density at radius 2 is 1.15 bits per heavy atom. The fourth-order valence-corrected chi connectivity index (χ4v) is 0.306. The van der Waals surface area contributed by atoms with Crippen molar-refractivity contribution >= 4 is 17.9 Å². The van der Waals surface area contributed by atoms with Gasteiger partial charge in [-0.3, -0.25) is 14.4 Å². The minimum Gasteiger partial charge on any atom is -0.481 e. The van der Waals surface area contributed by atoms with Gasteiger partial charge in [0.25, 0.3) is 17.9 Å². The maximum atomic E-state index is 9.00. The van der Waals surface area contributed by atoms with E-state index in [1.807, 2.05) is 0 Å². The molecule has 0 aliphatic heterocycles. The third-order valence-corrected chi connectivity index (χ3v) is 0.610. The van der Waals surface area contributed by atoms with Crippen molar-refractivity contribution in [2.24, 2.45) is 5.73 Å². The first-order chi connectivity index (χ1) is 8.61. The molecule has 0 amide bonds. The molecular weight excluding hydrogens is 316 g/mol. The third kappa shape index (κ3) is 532. The van der Waals surface area contributed by atoms with E-state index in [1.54, 1.807) is 0 Å². The zero-order valence-electron chi connectivity index (χ0n) is 11.8. The van der Waals surface area contributed by atoms with Gasteiger partial charge in [-0.15, -0.1) is 0 Å². The summed E-state index contributed by atoms with van der Waals surface area (Å²) in [6.45, 7) is 5.53. The van der Waals surface area contributed by atoms with Gasteiger partial charge in [-0.25, -0.2) is 0 Å². The number of hydrogen-bond acceptors (Lipinski definition) is 6. The normalized spacial score (nSPS) is 7.05. The van der Waals surface area contributed by atoms with Crippen molar-refractivity contribution in [1.29, 1.82) is 0 Å². The number of aliphatic carboxylic acids is 3. The van der Waals surface area contributed by atoms with Crippen molar-refractivity contribution in [3.05, 3.63) is 0 Å². The Labute approximate surface area is 128 Å². The molecule has 0 rings (SSSR count). The molecule has 7 N–H and O–H groups in total. The van der Waals surface area contributed by atoms with Gasteiger partial charge < -0.3 is 31.5 Å². The molecule has 0 aromatic heterocycles. The first kappa shape index (κ1) is 31.3. The molecule has 0 saturated carbocycles. The first-order valence-electron chi connectivity index (χ1n) is 5.21. The Balaban J connectivity index is -0.0000000512. The molecule has 124 valence electrons. The number of carbonyl (C=O) groups is 3. The summed E-state index contributed by atoms with van der Waals surface area (Å²) in [6.07, 6.45) is 0. The SMILES string of the molecule is CC(=O)O.CC(=O)O.CC(=O)O.NCCNCCO.[Fe]. The Morgan fingerprint density at radius 3 is 1.30 bits per heavy atom. The third-order valence-electron chi connectivity index (χ3n) is 0.610. The minimum absolute atomic E-state index is 0. The molecule has 0 aromatic rings. The second kappa shape index (κ2) is 30.7. The Bertz CT molecular complexity index is 183. The molecule has 0 fully saturated rings. The molecule has 0 aliphatic rings. The van der Waals surface area contributed by atoms with Crippen LogP contribution in [0, 0.1) is 0 Å². The van der Waals surface area contributed by atoms with Crippen LogP contribution in [0.1, 0.15) is 20.8 Å². The number of rotatable bonds is 4. The minimum atomic E-state index is -0.833. The van der Waals surface area contributed by atoms with Crippen molar-refractivity contribution < 1.29 is 51.9 Å². The van der Waals surface area contributed by atoms with E-state index in [0.717, 1.165) is 27.3 Å². The van der Waals surface area contributed by atoms with Crippen molar-refractivity contribution in [2.75, 3.05) is 26.2 Å². The van der Waals surface area contributed by atoms with E-state index in [0.29, 0.717) is 13.1 Å². The Kier molecular flexibility index (Phi) is 48.0. The number of carboxylic acid groups (broad SMARTS) is 3. The van der Waals surface area contributed by atoms with E-state index in [9.17, 15) is 0 Å². The molecule has 0 aliphatic carbocycles. The van der Waals surface area contributed by atoms with Crippen LogP contribution in [0.15, 0.2) is 0 Å². The molecule has 0 atom stereocenters. The number of hydrogen-bond donors (Lipinski definition) is 6. The van der Waals surface area contributed by atoms with Crippen LogP contribution in [-0.4, -0.2) is 64.6 Å². The molecule has 0 unspecified atom stereocenters. The maximum Gasteiger partial charge on any atom is 0.300 e. The van der Waals surface area contributed by atoms with Crippen molar-refractivity contribution in [2.45, 2.75) is 20.8 Å². The molecule has 0 radical (unpaired) electrons. The average molecular weight is 340 g/mol. The predicted molar refractivity (Wildman–Crippen MR) is 68.9 cm³/mol. The van der Waals surface area contributed by atoms with E-state index >= 15 is 0 Å². The van der Waals surface area contributed by atoms with Crippen LogP contribution in [0.2, 0.25) is 0 Å². The van der Waals surface area contributed by atoms with Crippen LogP contribution in [-0.2, 0) is 31.5 Å². The van der Waals surface area contributed by atoms with Gasteiger partial charge in [0, 0.05) is 57.5 Å². The van der Waals surface area contributed by atoms with E-state index in [2.05, 4.69) is 5.32 Å². The summed E-state index contributed by atoms with van der Waals surface area (Å²) in [5.74, 6) is -2.50. The van der Waals surface area contributed by atoms with Crippen LogP contribution in [0.25, 0.3) is 0 Å². The summed E-state index contributed by atoms with van der Waals surface area (Å²) in [5, 5.41) is 33.3. The van der Waals surface area contributed by atoms with Gasteiger partial charge in [0.15, 0.2) is 0 Å². The zero-order valence-corrected chi connectivity index (χ0v) is 12.9. The van der Waals surface area contributed by atoms with E-state index in [1.165, 1.54) is 0 Å². The molecule has 0 spiro atoms. The molecule has 0 saturated heterocycles. The van der Waals surface area contributed by atoms with Crippen LogP contribution >= 0.6 is 0 Å². The first-order valence-corrected chi connectivity index (χ1v) is 5.21. The second-order valence-corrected chi connectivity index (χ2v) is 2.82. The number of nitrogens with two attached hydrogens (primary N) is 1. The molecule has 10 heteroatoms. The summed E-state index contributed by atoms with van der Waals surface area (Å²) >= 11 is 0. The van der Waals surface area contributed by atoms with E-state index in [-0.39, 0.29) is 23.7 Å². The predicted octanol–water partition coefficient (Wildman–Crippen LogP) is -1.20. The summed E-state index contributed by atoms with van der Waals surface area (Å²) < 4.78 is 0. The van der Waals surface area contributed by atoms with E-state index < -0.39 is 17.9 Å². The van der Waals surface area contributed by atoms with Crippen LogP contribution in [0.4, 0.5) is 0 Å². The van der Waals surface area contributed by atoms with Gasteiger partial charge in [0.2, 0.25) is 0 Å². The largest absolute Gasteiger partial charge is 0.481 e. The number of aliphatic hydroxyl groups excluding tert-OH is 1. The zero-order chi connectivity index (χ0) is 16.3. The fraction of sp³-hybridized carbons (Fsp3) is 0.700. The Hall–Kier alpha value is -1.19. The van der Waals surface area contributed by atoms with Gasteiger partial charge in [-0.2, -0.15) is 0 Å². The van der Waals surface area contributed by atoms with Crippen molar-refractivity contribution in [1.82, 2.24) is 5.32 Å². The van der Waals surface area contributed by atoms with Gasteiger partial charge in [0.05, 0.1) is 6.61 Å². The van der Waals surface area contributed by atoms with Gasteiger partial charge >= 0.3 is 0 Å². The molecule has 20 heavy (non-hydrogen) atoms. The molecular formula is C10H24FeN2O7. The van der Waals surface area contributed by atoms with E-state index in [4.69, 9.17) is 40.5 Å². The van der Waals surface area contributed by atoms with Gasteiger partial charge in [0.1, 0.15) is 0 Å². The van der Waals surface area contributed by atoms with Crippen molar-refractivity contribution in [3.8, 4) is 0 Å². The molecule has 0 heterocycles. The summed E-state index contributed by atoms with van der Waals surface area (Å²) in [5.41, 5.74) is 5.13. The summed E-state index contributed by atoms with van der Waals surface area (Å²) in [7, 11) is 0. The topological polar surface area (TPSA) is 170 Å². The second-order valence-electron chi connectivity index (χ2n) is 2.82. The van der Waals surface area contributed by atoms with Crippen molar-refractivity contribution in [3.63, 3.8) is 0 Å². The smallest absolute Gasteiger partial charge is 0.300 e. The fourth-order valence-electron chi connectivity index (χ4n) is 0.306. The maximum absolute atomic E-state index is 9.00. The van der Waals surface area contributed by atoms with Gasteiger partial charge in [-0.1, -0.05) is 0 Å². The quantitative estimate of drug-likeness (QED) is 0.272. The standard InChI is InChI=1S/C4H12N2O.3C2H4O2.Fe/c5-1-2-6-3-4-7;3*1-2(3)4;/h6-7H,1-5H2;3*1H3,(H,3,4);. The van der Waals surface area contributed by atoms with Crippen LogP contribution < -0.4 is 11.1 Å². The molecule has 0 aromatic carbocycles. The molecule has 0 bridgehead atoms. The summed E-state index contributed by atoms with van der Waals surface area (Å²) in [4.78, 5) is 27.0. The summed E-state index contributed by atoms with van der Waals surface area (Å²) in [6, 6.07) is 0. The van der Waals surface area contributed by atoms with Crippen LogP contribution in [0.3, 0.4) is 0 Å². The molecule has 9 nitrogen and oxygen atoms in total. The number of carboxylic acids is 3. The average Bonchev–Trinajstić information content (AvgIpc) is 2.15. The number of aliphatic hydroxyl groups is 1.